The molecule has 2 aliphatic heterocycles. The maximum absolute atomic E-state index is 12.8. The minimum absolute atomic E-state index is 0.148. The van der Waals surface area contributed by atoms with Crippen LogP contribution in [-0.4, -0.2) is 73.5 Å². The lowest BCUT2D eigenvalue weighted by Gasteiger charge is -2.28. The van der Waals surface area contributed by atoms with Crippen molar-refractivity contribution < 1.29 is 14.3 Å². The number of pyridine rings is 1. The SMILES string of the molecule is CC.O=C(Nc1ccc2nc(-c3ccc(N4CCOCC4)nc3)[nH]c2c1)c1ccc(N2CCOCC2)cc1. The summed E-state index contributed by atoms with van der Waals surface area (Å²) in [6.07, 6.45) is 1.84. The van der Waals surface area contributed by atoms with E-state index in [1.54, 1.807) is 0 Å². The minimum atomic E-state index is -0.148. The van der Waals surface area contributed by atoms with Crippen LogP contribution in [0.4, 0.5) is 17.2 Å². The third-order valence-electron chi connectivity index (χ3n) is 6.60. The molecular formula is C29H34N6O3. The maximum atomic E-state index is 12.8. The Labute approximate surface area is 222 Å². The summed E-state index contributed by atoms with van der Waals surface area (Å²) in [7, 11) is 0. The van der Waals surface area contributed by atoms with E-state index in [9.17, 15) is 4.79 Å². The van der Waals surface area contributed by atoms with Crippen LogP contribution in [0.2, 0.25) is 0 Å². The Bertz CT molecular complexity index is 1340. The normalized spacial score (nSPS) is 15.6. The monoisotopic (exact) mass is 514 g/mol. The van der Waals surface area contributed by atoms with Gasteiger partial charge in [0.15, 0.2) is 0 Å². The molecule has 0 atom stereocenters. The van der Waals surface area contributed by atoms with Gasteiger partial charge in [0, 0.05) is 54.9 Å². The zero-order chi connectivity index (χ0) is 26.3. The van der Waals surface area contributed by atoms with Gasteiger partial charge in [-0.2, -0.15) is 0 Å². The number of nitrogens with zero attached hydrogens (tertiary/aromatic N) is 4. The van der Waals surface area contributed by atoms with Gasteiger partial charge < -0.3 is 29.6 Å². The summed E-state index contributed by atoms with van der Waals surface area (Å²) in [4.78, 5) is 30.0. The summed E-state index contributed by atoms with van der Waals surface area (Å²) < 4.78 is 10.8. The second kappa shape index (κ2) is 12.1. The average Bonchev–Trinajstić information content (AvgIpc) is 3.43. The number of benzene rings is 2. The number of ether oxygens (including phenoxy) is 2. The van der Waals surface area contributed by atoms with Crippen molar-refractivity contribution in [1.29, 1.82) is 0 Å². The Morgan fingerprint density at radius 3 is 2.21 bits per heavy atom. The topological polar surface area (TPSA) is 95.6 Å². The first-order chi connectivity index (χ1) is 18.7. The third-order valence-corrected chi connectivity index (χ3v) is 6.60. The maximum Gasteiger partial charge on any atom is 0.255 e. The van der Waals surface area contributed by atoms with E-state index in [1.165, 1.54) is 0 Å². The van der Waals surface area contributed by atoms with Crippen molar-refractivity contribution in [3.05, 3.63) is 66.4 Å². The molecule has 38 heavy (non-hydrogen) atoms. The molecule has 4 heterocycles. The smallest absolute Gasteiger partial charge is 0.255 e. The van der Waals surface area contributed by atoms with Crippen LogP contribution in [0.1, 0.15) is 24.2 Å². The van der Waals surface area contributed by atoms with Crippen molar-refractivity contribution in [3.63, 3.8) is 0 Å². The molecule has 0 spiro atoms. The molecule has 6 rings (SSSR count). The van der Waals surface area contributed by atoms with Crippen molar-refractivity contribution in [2.75, 3.05) is 67.7 Å². The Morgan fingerprint density at radius 1 is 0.868 bits per heavy atom. The second-order valence-electron chi connectivity index (χ2n) is 8.92. The Kier molecular flexibility index (Phi) is 8.15. The standard InChI is InChI=1S/C27H28N6O3.C2H6/c34-27(19-1-5-22(6-2-19)32-9-13-35-14-10-32)29-21-4-7-23-24(17-21)31-26(30-23)20-3-8-25(28-18-20)33-11-15-36-16-12-33;1-2/h1-8,17-18H,9-16H2,(H,29,34)(H,30,31);1-2H3. The highest BCUT2D eigenvalue weighted by Gasteiger charge is 2.15. The molecular weight excluding hydrogens is 480 g/mol. The molecule has 2 aromatic heterocycles. The summed E-state index contributed by atoms with van der Waals surface area (Å²) in [5.74, 6) is 1.54. The van der Waals surface area contributed by atoms with Gasteiger partial charge in [0.05, 0.1) is 37.5 Å². The lowest BCUT2D eigenvalue weighted by atomic mass is 10.1. The number of hydrogen-bond donors (Lipinski definition) is 2. The van der Waals surface area contributed by atoms with Gasteiger partial charge >= 0.3 is 0 Å². The number of morpholine rings is 2. The Balaban J connectivity index is 0.00000144. The number of carbonyl (C=O) groups is 1. The zero-order valence-corrected chi connectivity index (χ0v) is 21.9. The van der Waals surface area contributed by atoms with E-state index in [1.807, 2.05) is 74.6 Å². The predicted molar refractivity (Wildman–Crippen MR) is 151 cm³/mol. The van der Waals surface area contributed by atoms with Crippen molar-refractivity contribution in [2.45, 2.75) is 13.8 Å². The van der Waals surface area contributed by atoms with Crippen molar-refractivity contribution >= 4 is 34.1 Å². The van der Waals surface area contributed by atoms with E-state index in [0.717, 1.165) is 86.5 Å². The van der Waals surface area contributed by atoms with Gasteiger partial charge in [0.2, 0.25) is 0 Å². The van der Waals surface area contributed by atoms with Gasteiger partial charge in [-0.25, -0.2) is 9.97 Å². The fourth-order valence-electron chi connectivity index (χ4n) is 4.58. The molecule has 2 fully saturated rings. The van der Waals surface area contributed by atoms with Crippen LogP contribution in [-0.2, 0) is 9.47 Å². The van der Waals surface area contributed by atoms with E-state index in [-0.39, 0.29) is 5.91 Å². The second-order valence-corrected chi connectivity index (χ2v) is 8.92. The number of amides is 1. The largest absolute Gasteiger partial charge is 0.378 e. The average molecular weight is 515 g/mol. The fourth-order valence-corrected chi connectivity index (χ4v) is 4.58. The molecule has 0 unspecified atom stereocenters. The van der Waals surface area contributed by atoms with E-state index in [4.69, 9.17) is 14.5 Å². The van der Waals surface area contributed by atoms with E-state index < -0.39 is 0 Å². The van der Waals surface area contributed by atoms with Crippen LogP contribution in [0.15, 0.2) is 60.8 Å². The minimum Gasteiger partial charge on any atom is -0.378 e. The molecule has 2 saturated heterocycles. The number of aromatic nitrogens is 3. The van der Waals surface area contributed by atoms with Gasteiger partial charge in [0.25, 0.3) is 5.91 Å². The summed E-state index contributed by atoms with van der Waals surface area (Å²) in [6, 6.07) is 17.4. The van der Waals surface area contributed by atoms with E-state index in [0.29, 0.717) is 11.3 Å². The Hall–Kier alpha value is -3.95. The Morgan fingerprint density at radius 2 is 1.55 bits per heavy atom. The highest BCUT2D eigenvalue weighted by atomic mass is 16.5. The van der Waals surface area contributed by atoms with E-state index >= 15 is 0 Å². The molecule has 9 heteroatoms. The van der Waals surface area contributed by atoms with Crippen LogP contribution in [0, 0.1) is 0 Å². The van der Waals surface area contributed by atoms with Crippen LogP contribution in [0.25, 0.3) is 22.4 Å². The number of carbonyl (C=O) groups excluding carboxylic acids is 1. The van der Waals surface area contributed by atoms with Gasteiger partial charge in [-0.3, -0.25) is 4.79 Å². The number of imidazole rings is 1. The quantitative estimate of drug-likeness (QED) is 0.403. The number of hydrogen-bond acceptors (Lipinski definition) is 7. The number of nitrogens with one attached hydrogen (secondary N) is 2. The summed E-state index contributed by atoms with van der Waals surface area (Å²) >= 11 is 0. The molecule has 2 aliphatic rings. The summed E-state index contributed by atoms with van der Waals surface area (Å²) in [5, 5.41) is 2.99. The number of fused-ring (bicyclic) bond motifs is 1. The molecule has 4 aromatic rings. The van der Waals surface area contributed by atoms with Gasteiger partial charge in [-0.15, -0.1) is 0 Å². The van der Waals surface area contributed by atoms with E-state index in [2.05, 4.69) is 25.1 Å². The first kappa shape index (κ1) is 25.7. The molecule has 0 bridgehead atoms. The zero-order valence-electron chi connectivity index (χ0n) is 21.9. The molecule has 1 amide bonds. The highest BCUT2D eigenvalue weighted by molar-refractivity contribution is 6.05. The molecule has 0 aliphatic carbocycles. The number of anilines is 3. The van der Waals surface area contributed by atoms with Crippen molar-refractivity contribution in [1.82, 2.24) is 15.0 Å². The van der Waals surface area contributed by atoms with Crippen LogP contribution in [0.3, 0.4) is 0 Å². The van der Waals surface area contributed by atoms with Crippen molar-refractivity contribution in [2.24, 2.45) is 0 Å². The third kappa shape index (κ3) is 5.79. The van der Waals surface area contributed by atoms with Crippen LogP contribution >= 0.6 is 0 Å². The van der Waals surface area contributed by atoms with Gasteiger partial charge in [-0.1, -0.05) is 13.8 Å². The van der Waals surface area contributed by atoms with Gasteiger partial charge in [-0.05, 0) is 54.6 Å². The van der Waals surface area contributed by atoms with Gasteiger partial charge in [0.1, 0.15) is 11.6 Å². The molecule has 9 nitrogen and oxygen atoms in total. The number of rotatable bonds is 5. The number of H-pyrrole nitrogens is 1. The summed E-state index contributed by atoms with van der Waals surface area (Å²) in [5.41, 5.74) is 5.02. The molecule has 2 aromatic carbocycles. The molecule has 2 N–H and O–H groups in total. The highest BCUT2D eigenvalue weighted by Crippen LogP contribution is 2.25. The summed E-state index contributed by atoms with van der Waals surface area (Å²) in [6.45, 7) is 10.4. The molecule has 0 saturated carbocycles. The first-order valence-electron chi connectivity index (χ1n) is 13.3. The molecule has 198 valence electrons. The fraction of sp³-hybridized carbons (Fsp3) is 0.345. The first-order valence-corrected chi connectivity index (χ1v) is 13.3. The number of aromatic amines is 1. The predicted octanol–water partition coefficient (Wildman–Crippen LogP) is 4.58. The molecule has 0 radical (unpaired) electrons. The van der Waals surface area contributed by atoms with Crippen molar-refractivity contribution in [3.8, 4) is 11.4 Å². The van der Waals surface area contributed by atoms with Crippen LogP contribution < -0.4 is 15.1 Å². The van der Waals surface area contributed by atoms with Crippen LogP contribution in [0.5, 0.6) is 0 Å². The lowest BCUT2D eigenvalue weighted by Crippen LogP contribution is -2.36. The lowest BCUT2D eigenvalue weighted by molar-refractivity contribution is 0.102.